The molecule has 1 heterocycles. The summed E-state index contributed by atoms with van der Waals surface area (Å²) in [5.74, 6) is -1.01. The first-order valence-corrected chi connectivity index (χ1v) is 5.94. The Labute approximate surface area is 110 Å². The molecule has 1 aromatic carbocycles. The Balaban J connectivity index is 2.70. The molecule has 0 spiro atoms. The van der Waals surface area contributed by atoms with E-state index in [1.807, 2.05) is 25.1 Å². The summed E-state index contributed by atoms with van der Waals surface area (Å²) in [5.41, 5.74) is 1.98. The zero-order valence-corrected chi connectivity index (χ0v) is 11.0. The molecule has 4 nitrogen and oxygen atoms in total. The van der Waals surface area contributed by atoms with Gasteiger partial charge >= 0.3 is 5.97 Å². The minimum Gasteiger partial charge on any atom is -0.478 e. The summed E-state index contributed by atoms with van der Waals surface area (Å²) in [7, 11) is 1.60. The third kappa shape index (κ3) is 2.09. The van der Waals surface area contributed by atoms with E-state index in [2.05, 4.69) is 0 Å². The van der Waals surface area contributed by atoms with Crippen LogP contribution in [0.3, 0.4) is 0 Å². The van der Waals surface area contributed by atoms with E-state index in [0.717, 1.165) is 11.1 Å². The van der Waals surface area contributed by atoms with Gasteiger partial charge in [-0.15, -0.1) is 0 Å². The Bertz CT molecular complexity index is 604. The van der Waals surface area contributed by atoms with Crippen molar-refractivity contribution in [3.8, 4) is 0 Å². The fraction of sp³-hybridized carbons (Fsp3) is 0.308. The SMILES string of the molecule is COCCn1c(Cl)c(C(=O)O)c2cc(C)ccc21. The Morgan fingerprint density at radius 1 is 1.50 bits per heavy atom. The first-order valence-electron chi connectivity index (χ1n) is 5.57. The lowest BCUT2D eigenvalue weighted by atomic mass is 10.1. The highest BCUT2D eigenvalue weighted by Crippen LogP contribution is 2.30. The molecule has 2 aromatic rings. The molecule has 0 amide bonds. The number of carboxylic acid groups (broad SMARTS) is 1. The van der Waals surface area contributed by atoms with Gasteiger partial charge in [-0.3, -0.25) is 0 Å². The highest BCUT2D eigenvalue weighted by Gasteiger charge is 2.20. The molecule has 0 aliphatic carbocycles. The number of hydrogen-bond donors (Lipinski definition) is 1. The van der Waals surface area contributed by atoms with Crippen LogP contribution in [0.4, 0.5) is 0 Å². The number of benzene rings is 1. The molecule has 5 heteroatoms. The number of hydrogen-bond acceptors (Lipinski definition) is 2. The van der Waals surface area contributed by atoms with E-state index in [0.29, 0.717) is 18.5 Å². The Morgan fingerprint density at radius 2 is 2.22 bits per heavy atom. The summed E-state index contributed by atoms with van der Waals surface area (Å²) < 4.78 is 6.78. The molecule has 18 heavy (non-hydrogen) atoms. The van der Waals surface area contributed by atoms with Gasteiger partial charge in [-0.25, -0.2) is 4.79 Å². The van der Waals surface area contributed by atoms with Crippen molar-refractivity contribution in [3.05, 3.63) is 34.5 Å². The zero-order chi connectivity index (χ0) is 13.3. The number of nitrogens with zero attached hydrogens (tertiary/aromatic N) is 1. The lowest BCUT2D eigenvalue weighted by molar-refractivity contribution is 0.0699. The quantitative estimate of drug-likeness (QED) is 0.927. The van der Waals surface area contributed by atoms with Crippen LogP contribution < -0.4 is 0 Å². The molecule has 0 bridgehead atoms. The smallest absolute Gasteiger partial charge is 0.339 e. The van der Waals surface area contributed by atoms with Crippen LogP contribution in [0.2, 0.25) is 5.15 Å². The van der Waals surface area contributed by atoms with Gasteiger partial charge in [0.15, 0.2) is 0 Å². The Morgan fingerprint density at radius 3 is 2.83 bits per heavy atom. The van der Waals surface area contributed by atoms with Gasteiger partial charge < -0.3 is 14.4 Å². The molecule has 0 atom stereocenters. The van der Waals surface area contributed by atoms with Crippen molar-refractivity contribution in [1.82, 2.24) is 4.57 Å². The highest BCUT2D eigenvalue weighted by atomic mass is 35.5. The van der Waals surface area contributed by atoms with Gasteiger partial charge in [0.05, 0.1) is 12.1 Å². The van der Waals surface area contributed by atoms with Crippen LogP contribution in [0.1, 0.15) is 15.9 Å². The van der Waals surface area contributed by atoms with E-state index in [9.17, 15) is 9.90 Å². The van der Waals surface area contributed by atoms with Crippen LogP contribution in [0.25, 0.3) is 10.9 Å². The van der Waals surface area contributed by atoms with Crippen LogP contribution in [-0.2, 0) is 11.3 Å². The third-order valence-electron chi connectivity index (χ3n) is 2.89. The normalized spacial score (nSPS) is 11.1. The molecule has 0 saturated carbocycles. The predicted octanol–water partition coefficient (Wildman–Crippen LogP) is 2.95. The van der Waals surface area contributed by atoms with Gasteiger partial charge in [-0.2, -0.15) is 0 Å². The minimum absolute atomic E-state index is 0.159. The predicted molar refractivity (Wildman–Crippen MR) is 70.5 cm³/mol. The first-order chi connectivity index (χ1) is 8.56. The van der Waals surface area contributed by atoms with Crippen molar-refractivity contribution in [3.63, 3.8) is 0 Å². The average Bonchev–Trinajstić information content (AvgIpc) is 2.58. The Kier molecular flexibility index (Phi) is 3.59. The fourth-order valence-corrected chi connectivity index (χ4v) is 2.40. The van der Waals surface area contributed by atoms with E-state index >= 15 is 0 Å². The number of aryl methyl sites for hydroxylation is 1. The van der Waals surface area contributed by atoms with Gasteiger partial charge in [-0.1, -0.05) is 23.2 Å². The van der Waals surface area contributed by atoms with Crippen LogP contribution in [-0.4, -0.2) is 29.4 Å². The lowest BCUT2D eigenvalue weighted by Gasteiger charge is -2.06. The van der Waals surface area contributed by atoms with E-state index < -0.39 is 5.97 Å². The average molecular weight is 268 g/mol. The number of aromatic carboxylic acids is 1. The Hall–Kier alpha value is -1.52. The maximum Gasteiger partial charge on any atom is 0.339 e. The molecule has 2 rings (SSSR count). The molecule has 96 valence electrons. The molecule has 1 aromatic heterocycles. The van der Waals surface area contributed by atoms with Crippen LogP contribution >= 0.6 is 11.6 Å². The second-order valence-electron chi connectivity index (χ2n) is 4.14. The number of rotatable bonds is 4. The zero-order valence-electron chi connectivity index (χ0n) is 10.2. The fourth-order valence-electron chi connectivity index (χ4n) is 2.04. The second kappa shape index (κ2) is 5.00. The summed E-state index contributed by atoms with van der Waals surface area (Å²) in [6, 6.07) is 5.67. The molecular weight excluding hydrogens is 254 g/mol. The monoisotopic (exact) mass is 267 g/mol. The molecule has 0 unspecified atom stereocenters. The maximum absolute atomic E-state index is 11.3. The molecule has 0 radical (unpaired) electrons. The number of aromatic nitrogens is 1. The highest BCUT2D eigenvalue weighted by molar-refractivity contribution is 6.35. The summed E-state index contributed by atoms with van der Waals surface area (Å²) in [6.45, 7) is 2.93. The number of ether oxygens (including phenoxy) is 1. The molecule has 1 N–H and O–H groups in total. The van der Waals surface area contributed by atoms with Gasteiger partial charge in [0.1, 0.15) is 10.7 Å². The molecule has 0 fully saturated rings. The summed E-state index contributed by atoms with van der Waals surface area (Å²) >= 11 is 6.16. The van der Waals surface area contributed by atoms with Gasteiger partial charge in [0.25, 0.3) is 0 Å². The van der Waals surface area contributed by atoms with Gasteiger partial charge in [-0.05, 0) is 19.1 Å². The minimum atomic E-state index is -1.01. The third-order valence-corrected chi connectivity index (χ3v) is 3.28. The van der Waals surface area contributed by atoms with Crippen LogP contribution in [0.15, 0.2) is 18.2 Å². The largest absolute Gasteiger partial charge is 0.478 e. The van der Waals surface area contributed by atoms with Crippen LogP contribution in [0.5, 0.6) is 0 Å². The molecule has 0 aliphatic rings. The second-order valence-corrected chi connectivity index (χ2v) is 4.49. The topological polar surface area (TPSA) is 51.5 Å². The van der Waals surface area contributed by atoms with Gasteiger partial charge in [0, 0.05) is 19.0 Å². The number of carbonyl (C=O) groups is 1. The summed E-state index contributed by atoms with van der Waals surface area (Å²) in [4.78, 5) is 11.3. The van der Waals surface area contributed by atoms with Gasteiger partial charge in [0.2, 0.25) is 0 Å². The first kappa shape index (κ1) is 12.9. The number of carboxylic acids is 1. The summed E-state index contributed by atoms with van der Waals surface area (Å²) in [5, 5.41) is 10.2. The van der Waals surface area contributed by atoms with Crippen molar-refractivity contribution in [1.29, 1.82) is 0 Å². The molecular formula is C13H14ClNO3. The summed E-state index contributed by atoms with van der Waals surface area (Å²) in [6.07, 6.45) is 0. The van der Waals surface area contributed by atoms with E-state index in [1.54, 1.807) is 11.7 Å². The van der Waals surface area contributed by atoms with Crippen molar-refractivity contribution < 1.29 is 14.6 Å². The molecule has 0 saturated heterocycles. The van der Waals surface area contributed by atoms with Crippen molar-refractivity contribution in [2.75, 3.05) is 13.7 Å². The molecule has 0 aliphatic heterocycles. The van der Waals surface area contributed by atoms with Crippen molar-refractivity contribution in [2.45, 2.75) is 13.5 Å². The van der Waals surface area contributed by atoms with E-state index in [-0.39, 0.29) is 10.7 Å². The number of fused-ring (bicyclic) bond motifs is 1. The van der Waals surface area contributed by atoms with E-state index in [4.69, 9.17) is 16.3 Å². The van der Waals surface area contributed by atoms with Crippen LogP contribution in [0, 0.1) is 6.92 Å². The standard InChI is InChI=1S/C13H14ClNO3/c1-8-3-4-10-9(7-8)11(13(16)17)12(14)15(10)5-6-18-2/h3-4,7H,5-6H2,1-2H3,(H,16,17). The maximum atomic E-state index is 11.3. The number of methoxy groups -OCH3 is 1. The van der Waals surface area contributed by atoms with Crippen molar-refractivity contribution in [2.24, 2.45) is 0 Å². The van der Waals surface area contributed by atoms with Crippen molar-refractivity contribution >= 4 is 28.5 Å². The number of halogens is 1. The van der Waals surface area contributed by atoms with E-state index in [1.165, 1.54) is 0 Å². The lowest BCUT2D eigenvalue weighted by Crippen LogP contribution is -2.05.